The van der Waals surface area contributed by atoms with Crippen LogP contribution < -0.4 is 10.7 Å². The lowest BCUT2D eigenvalue weighted by Crippen LogP contribution is -2.46. The second-order valence-corrected chi connectivity index (χ2v) is 11.8. The van der Waals surface area contributed by atoms with Crippen molar-refractivity contribution in [3.63, 3.8) is 0 Å². The summed E-state index contributed by atoms with van der Waals surface area (Å²) >= 11 is 2.43. The van der Waals surface area contributed by atoms with Crippen molar-refractivity contribution in [2.24, 2.45) is 0 Å². The van der Waals surface area contributed by atoms with Crippen LogP contribution in [-0.2, 0) is 9.97 Å². The van der Waals surface area contributed by atoms with Gasteiger partial charge in [0.15, 0.2) is 0 Å². The highest BCUT2D eigenvalue weighted by Gasteiger charge is 2.26. The van der Waals surface area contributed by atoms with Gasteiger partial charge in [-0.1, -0.05) is 71.8 Å². The number of alkyl halides is 1. The van der Waals surface area contributed by atoms with Gasteiger partial charge < -0.3 is 15.0 Å². The Balaban J connectivity index is 1.69. The molecule has 1 fully saturated rings. The number of fused-ring (bicyclic) bond motifs is 1. The molecule has 1 saturated carbocycles. The summed E-state index contributed by atoms with van der Waals surface area (Å²) in [6.07, 6.45) is 4.44. The van der Waals surface area contributed by atoms with Crippen molar-refractivity contribution in [1.29, 1.82) is 0 Å². The number of carbonyl (C=O) groups excluding carboxylic acids is 1. The van der Waals surface area contributed by atoms with Crippen molar-refractivity contribution < 1.29 is 9.90 Å². The molecule has 0 radical (unpaired) electrons. The van der Waals surface area contributed by atoms with Crippen molar-refractivity contribution in [2.45, 2.75) is 61.6 Å². The molecule has 0 aliphatic heterocycles. The molecule has 0 bridgehead atoms. The molecule has 168 valence electrons. The predicted molar refractivity (Wildman–Crippen MR) is 137 cm³/mol. The Morgan fingerprint density at radius 1 is 1.12 bits per heavy atom. The number of aliphatic hydroxyl groups excluding tert-OH is 1. The van der Waals surface area contributed by atoms with Gasteiger partial charge in [-0.2, -0.15) is 0 Å². The van der Waals surface area contributed by atoms with E-state index >= 15 is 0 Å². The Morgan fingerprint density at radius 3 is 2.50 bits per heavy atom. The van der Waals surface area contributed by atoms with E-state index in [9.17, 15) is 14.7 Å². The zero-order valence-corrected chi connectivity index (χ0v) is 20.6. The lowest BCUT2D eigenvalue weighted by molar-refractivity contribution is 0.0716. The fraction of sp³-hybridized carbons (Fsp3) is 0.385. The lowest BCUT2D eigenvalue weighted by Gasteiger charge is -2.28. The second-order valence-electron chi connectivity index (χ2n) is 9.12. The van der Waals surface area contributed by atoms with Crippen LogP contribution in [0.5, 0.6) is 0 Å². The third kappa shape index (κ3) is 4.91. The number of aliphatic hydroxyl groups is 1. The minimum atomic E-state index is -0.559. The van der Waals surface area contributed by atoms with Gasteiger partial charge in [0.2, 0.25) is 5.43 Å². The summed E-state index contributed by atoms with van der Waals surface area (Å²) in [6, 6.07) is 15.5. The third-order valence-corrected chi connectivity index (χ3v) is 6.89. The fourth-order valence-electron chi connectivity index (χ4n) is 4.37. The molecule has 2 atom stereocenters. The van der Waals surface area contributed by atoms with Crippen molar-refractivity contribution in [2.75, 3.05) is 0 Å². The molecule has 0 unspecified atom stereocenters. The van der Waals surface area contributed by atoms with Crippen molar-refractivity contribution in [3.05, 3.63) is 81.6 Å². The molecular formula is C26H29IN2O3. The molecule has 2 N–H and O–H groups in total. The van der Waals surface area contributed by atoms with Crippen LogP contribution in [0.15, 0.2) is 59.5 Å². The number of nitrogens with one attached hydrogen (secondary N) is 1. The SMILES string of the molecule is CC(C)(I)c1ccc(Cn2cc(C(=O)N[C@H]3CCCC[C@@H]3O)c(=O)c3ccccc32)cc1. The van der Waals surface area contributed by atoms with E-state index in [4.69, 9.17) is 0 Å². The molecule has 0 saturated heterocycles. The maximum Gasteiger partial charge on any atom is 0.257 e. The van der Waals surface area contributed by atoms with E-state index in [-0.39, 0.29) is 20.5 Å². The van der Waals surface area contributed by atoms with Gasteiger partial charge in [-0.3, -0.25) is 9.59 Å². The van der Waals surface area contributed by atoms with Crippen molar-refractivity contribution >= 4 is 39.4 Å². The van der Waals surface area contributed by atoms with E-state index in [1.165, 1.54) is 5.56 Å². The number of amides is 1. The van der Waals surface area contributed by atoms with Crippen LogP contribution in [0.1, 0.15) is 61.0 Å². The average Bonchev–Trinajstić information content (AvgIpc) is 2.77. The molecule has 2 aromatic carbocycles. The first-order chi connectivity index (χ1) is 15.2. The number of aromatic nitrogens is 1. The first-order valence-electron chi connectivity index (χ1n) is 11.1. The molecule has 32 heavy (non-hydrogen) atoms. The highest BCUT2D eigenvalue weighted by atomic mass is 127. The summed E-state index contributed by atoms with van der Waals surface area (Å²) in [7, 11) is 0. The number of halogens is 1. The number of pyridine rings is 1. The van der Waals surface area contributed by atoms with E-state index in [1.807, 2.05) is 22.8 Å². The molecule has 1 aliphatic carbocycles. The summed E-state index contributed by atoms with van der Waals surface area (Å²) in [5.41, 5.74) is 2.98. The van der Waals surface area contributed by atoms with Gasteiger partial charge in [-0.05, 0) is 49.9 Å². The van der Waals surface area contributed by atoms with Crippen LogP contribution >= 0.6 is 22.6 Å². The van der Waals surface area contributed by atoms with Gasteiger partial charge in [-0.15, -0.1) is 0 Å². The molecule has 0 spiro atoms. The lowest BCUT2D eigenvalue weighted by atomic mass is 9.92. The molecule has 3 aromatic rings. The normalized spacial score (nSPS) is 19.1. The van der Waals surface area contributed by atoms with Gasteiger partial charge in [0.25, 0.3) is 5.91 Å². The Kier molecular flexibility index (Phi) is 6.72. The highest BCUT2D eigenvalue weighted by molar-refractivity contribution is 14.1. The van der Waals surface area contributed by atoms with Gasteiger partial charge in [0.05, 0.1) is 17.7 Å². The van der Waals surface area contributed by atoms with Crippen LogP contribution in [0, 0.1) is 0 Å². The summed E-state index contributed by atoms with van der Waals surface area (Å²) in [6.45, 7) is 4.90. The molecule has 1 heterocycles. The summed E-state index contributed by atoms with van der Waals surface area (Å²) in [5.74, 6) is -0.414. The molecule has 5 nitrogen and oxygen atoms in total. The molecular weight excluding hydrogens is 515 g/mol. The smallest absolute Gasteiger partial charge is 0.257 e. The van der Waals surface area contributed by atoms with Crippen LogP contribution in [0.2, 0.25) is 0 Å². The van der Waals surface area contributed by atoms with E-state index in [2.05, 4.69) is 66.0 Å². The molecule has 1 amide bonds. The highest BCUT2D eigenvalue weighted by Crippen LogP contribution is 2.30. The minimum Gasteiger partial charge on any atom is -0.391 e. The number of hydrogen-bond acceptors (Lipinski definition) is 3. The van der Waals surface area contributed by atoms with Crippen molar-refractivity contribution in [3.8, 4) is 0 Å². The van der Waals surface area contributed by atoms with E-state index in [1.54, 1.807) is 12.3 Å². The average molecular weight is 544 g/mol. The number of hydrogen-bond donors (Lipinski definition) is 2. The van der Waals surface area contributed by atoms with Gasteiger partial charge in [0.1, 0.15) is 5.56 Å². The number of para-hydroxylation sites is 1. The molecule has 6 heteroatoms. The summed E-state index contributed by atoms with van der Waals surface area (Å²) in [5, 5.41) is 13.7. The zero-order valence-electron chi connectivity index (χ0n) is 18.5. The Bertz CT molecular complexity index is 1180. The Morgan fingerprint density at radius 2 is 1.81 bits per heavy atom. The number of rotatable bonds is 5. The largest absolute Gasteiger partial charge is 0.391 e. The monoisotopic (exact) mass is 544 g/mol. The number of nitrogens with zero attached hydrogens (tertiary/aromatic N) is 1. The van der Waals surface area contributed by atoms with E-state index in [0.29, 0.717) is 18.4 Å². The standard InChI is InChI=1S/C26H29IN2O3/c1-26(2,27)18-13-11-17(12-14-18)15-29-16-20(24(31)19-7-3-5-9-22(19)29)25(32)28-21-8-4-6-10-23(21)30/h3,5,7,9,11-14,16,21,23,30H,4,6,8,10,15H2,1-2H3,(H,28,32)/t21-,23-/m0/s1. The topological polar surface area (TPSA) is 71.3 Å². The number of carbonyl (C=O) groups is 1. The summed E-state index contributed by atoms with van der Waals surface area (Å²) < 4.78 is 2.02. The Labute approximate surface area is 202 Å². The first kappa shape index (κ1) is 23.0. The van der Waals surface area contributed by atoms with Crippen LogP contribution in [0.3, 0.4) is 0 Å². The minimum absolute atomic E-state index is 0.0509. The third-order valence-electron chi connectivity index (χ3n) is 6.27. The van der Waals surface area contributed by atoms with Crippen LogP contribution in [0.4, 0.5) is 0 Å². The second kappa shape index (κ2) is 9.35. The van der Waals surface area contributed by atoms with Crippen LogP contribution in [-0.4, -0.2) is 27.7 Å². The van der Waals surface area contributed by atoms with Gasteiger partial charge in [0, 0.05) is 21.5 Å². The zero-order chi connectivity index (χ0) is 22.9. The van der Waals surface area contributed by atoms with E-state index < -0.39 is 12.0 Å². The van der Waals surface area contributed by atoms with Gasteiger partial charge in [-0.25, -0.2) is 0 Å². The molecule has 4 rings (SSSR count). The number of benzene rings is 2. The maximum absolute atomic E-state index is 13.1. The van der Waals surface area contributed by atoms with E-state index in [0.717, 1.165) is 30.3 Å². The van der Waals surface area contributed by atoms with Crippen LogP contribution in [0.25, 0.3) is 10.9 Å². The van der Waals surface area contributed by atoms with Crippen molar-refractivity contribution in [1.82, 2.24) is 9.88 Å². The Hall–Kier alpha value is -2.19. The summed E-state index contributed by atoms with van der Waals surface area (Å²) in [4.78, 5) is 26.2. The quantitative estimate of drug-likeness (QED) is 0.360. The molecule has 1 aromatic heterocycles. The van der Waals surface area contributed by atoms with Gasteiger partial charge >= 0.3 is 0 Å². The molecule has 1 aliphatic rings. The maximum atomic E-state index is 13.1. The predicted octanol–water partition coefficient (Wildman–Crippen LogP) is 4.75. The fourth-order valence-corrected chi connectivity index (χ4v) is 4.73. The first-order valence-corrected chi connectivity index (χ1v) is 12.2.